The van der Waals surface area contributed by atoms with Crippen molar-refractivity contribution >= 4 is 0 Å². The van der Waals surface area contributed by atoms with Gasteiger partial charge in [-0.25, -0.2) is 4.39 Å². The van der Waals surface area contributed by atoms with Gasteiger partial charge in [0.2, 0.25) is 0 Å². The van der Waals surface area contributed by atoms with Crippen LogP contribution in [0.4, 0.5) is 4.39 Å². The fourth-order valence-corrected chi connectivity index (χ4v) is 2.32. The molecule has 0 aliphatic rings. The molecular formula is C18H17FNO2. The van der Waals surface area contributed by atoms with E-state index in [2.05, 4.69) is 13.0 Å². The maximum absolute atomic E-state index is 13.8. The predicted molar refractivity (Wildman–Crippen MR) is 82.4 cm³/mol. The van der Waals surface area contributed by atoms with E-state index in [4.69, 9.17) is 9.47 Å². The first-order valence-corrected chi connectivity index (χ1v) is 6.80. The van der Waals surface area contributed by atoms with Crippen molar-refractivity contribution in [1.29, 1.82) is 5.26 Å². The predicted octanol–water partition coefficient (Wildman–Crippen LogP) is 4.07. The topological polar surface area (TPSA) is 42.2 Å². The first-order chi connectivity index (χ1) is 10.6. The molecule has 2 unspecified atom stereocenters. The SMILES string of the molecule is [CH2]C(c1ccc(OC)cc1)C(C#N)c1ccc(OC)c(F)c1. The molecule has 0 fully saturated rings. The molecule has 0 aliphatic heterocycles. The van der Waals surface area contributed by atoms with Gasteiger partial charge in [0.25, 0.3) is 0 Å². The second kappa shape index (κ2) is 6.95. The van der Waals surface area contributed by atoms with Crippen LogP contribution in [0, 0.1) is 24.1 Å². The maximum Gasteiger partial charge on any atom is 0.165 e. The number of nitriles is 1. The third-order valence-corrected chi connectivity index (χ3v) is 3.62. The second-order valence-electron chi connectivity index (χ2n) is 4.88. The van der Waals surface area contributed by atoms with Crippen LogP contribution in [0.25, 0.3) is 0 Å². The lowest BCUT2D eigenvalue weighted by Gasteiger charge is -2.19. The Bertz CT molecular complexity index is 676. The Labute approximate surface area is 129 Å². The lowest BCUT2D eigenvalue weighted by Crippen LogP contribution is -2.07. The van der Waals surface area contributed by atoms with E-state index in [0.29, 0.717) is 5.56 Å². The zero-order valence-corrected chi connectivity index (χ0v) is 12.5. The molecule has 2 atom stereocenters. The second-order valence-corrected chi connectivity index (χ2v) is 4.88. The minimum Gasteiger partial charge on any atom is -0.497 e. The van der Waals surface area contributed by atoms with Crippen molar-refractivity contribution in [2.75, 3.05) is 14.2 Å². The van der Waals surface area contributed by atoms with Crippen molar-refractivity contribution in [2.24, 2.45) is 0 Å². The Morgan fingerprint density at radius 3 is 2.18 bits per heavy atom. The van der Waals surface area contributed by atoms with Crippen molar-refractivity contribution in [3.8, 4) is 17.6 Å². The lowest BCUT2D eigenvalue weighted by atomic mass is 9.83. The molecule has 0 N–H and O–H groups in total. The zero-order chi connectivity index (χ0) is 16.1. The lowest BCUT2D eigenvalue weighted by molar-refractivity contribution is 0.386. The summed E-state index contributed by atoms with van der Waals surface area (Å²) in [6.45, 7) is 4.07. The molecule has 3 nitrogen and oxygen atoms in total. The molecule has 0 amide bonds. The molecule has 0 bridgehead atoms. The molecule has 1 radical (unpaired) electrons. The molecule has 0 aliphatic carbocycles. The number of hydrogen-bond acceptors (Lipinski definition) is 3. The smallest absolute Gasteiger partial charge is 0.165 e. The minimum absolute atomic E-state index is 0.158. The molecular weight excluding hydrogens is 281 g/mol. The molecule has 4 heteroatoms. The van der Waals surface area contributed by atoms with Crippen LogP contribution in [-0.2, 0) is 0 Å². The standard InChI is InChI=1S/C18H17FNO2/c1-12(13-4-7-15(21-2)8-5-13)16(11-20)14-6-9-18(22-3)17(19)10-14/h4-10,12,16H,1H2,2-3H3. The van der Waals surface area contributed by atoms with E-state index in [0.717, 1.165) is 11.3 Å². The van der Waals surface area contributed by atoms with Gasteiger partial charge in [-0.05, 0) is 42.3 Å². The number of hydrogen-bond donors (Lipinski definition) is 0. The van der Waals surface area contributed by atoms with Crippen molar-refractivity contribution in [1.82, 2.24) is 0 Å². The average Bonchev–Trinajstić information content (AvgIpc) is 2.55. The van der Waals surface area contributed by atoms with Gasteiger partial charge in [-0.2, -0.15) is 5.26 Å². The number of methoxy groups -OCH3 is 2. The number of benzene rings is 2. The van der Waals surface area contributed by atoms with E-state index >= 15 is 0 Å². The molecule has 22 heavy (non-hydrogen) atoms. The molecule has 0 heterocycles. The van der Waals surface area contributed by atoms with Gasteiger partial charge in [-0.1, -0.05) is 18.2 Å². The summed E-state index contributed by atoms with van der Waals surface area (Å²) >= 11 is 0. The van der Waals surface area contributed by atoms with Crippen molar-refractivity contribution < 1.29 is 13.9 Å². The van der Waals surface area contributed by atoms with E-state index in [9.17, 15) is 9.65 Å². The van der Waals surface area contributed by atoms with Gasteiger partial charge in [0.05, 0.1) is 26.2 Å². The van der Waals surface area contributed by atoms with Gasteiger partial charge in [0.1, 0.15) is 5.75 Å². The number of halogens is 1. The van der Waals surface area contributed by atoms with Gasteiger partial charge in [-0.3, -0.25) is 0 Å². The highest BCUT2D eigenvalue weighted by atomic mass is 19.1. The first-order valence-electron chi connectivity index (χ1n) is 6.80. The summed E-state index contributed by atoms with van der Waals surface area (Å²) in [6, 6.07) is 14.1. The van der Waals surface area contributed by atoms with E-state index in [1.54, 1.807) is 13.2 Å². The third-order valence-electron chi connectivity index (χ3n) is 3.62. The van der Waals surface area contributed by atoms with Crippen LogP contribution in [0.5, 0.6) is 11.5 Å². The summed E-state index contributed by atoms with van der Waals surface area (Å²) < 4.78 is 23.8. The Kier molecular flexibility index (Phi) is 5.00. The fraction of sp³-hybridized carbons (Fsp3) is 0.222. The normalized spacial score (nSPS) is 13.0. The van der Waals surface area contributed by atoms with E-state index in [1.165, 1.54) is 19.2 Å². The van der Waals surface area contributed by atoms with Gasteiger partial charge in [-0.15, -0.1) is 0 Å². The Morgan fingerprint density at radius 1 is 1.05 bits per heavy atom. The van der Waals surface area contributed by atoms with Crippen LogP contribution in [0.3, 0.4) is 0 Å². The van der Waals surface area contributed by atoms with Crippen LogP contribution in [0.2, 0.25) is 0 Å². The average molecular weight is 298 g/mol. The summed E-state index contributed by atoms with van der Waals surface area (Å²) in [4.78, 5) is 0. The Balaban J connectivity index is 2.30. The highest BCUT2D eigenvalue weighted by Crippen LogP contribution is 2.34. The van der Waals surface area contributed by atoms with Gasteiger partial charge in [0.15, 0.2) is 11.6 Å². The number of rotatable bonds is 5. The van der Waals surface area contributed by atoms with Crippen LogP contribution < -0.4 is 9.47 Å². The maximum atomic E-state index is 13.8. The molecule has 2 aromatic rings. The number of ether oxygens (including phenoxy) is 2. The van der Waals surface area contributed by atoms with E-state index < -0.39 is 11.7 Å². The summed E-state index contributed by atoms with van der Waals surface area (Å²) in [5.74, 6) is -0.454. The van der Waals surface area contributed by atoms with Crippen molar-refractivity contribution in [3.63, 3.8) is 0 Å². The Hall–Kier alpha value is -2.54. The van der Waals surface area contributed by atoms with Crippen molar-refractivity contribution in [2.45, 2.75) is 11.8 Å². The first kappa shape index (κ1) is 15.8. The Morgan fingerprint density at radius 2 is 1.68 bits per heavy atom. The van der Waals surface area contributed by atoms with Crippen LogP contribution >= 0.6 is 0 Å². The largest absolute Gasteiger partial charge is 0.497 e. The van der Waals surface area contributed by atoms with E-state index in [1.807, 2.05) is 24.3 Å². The summed E-state index contributed by atoms with van der Waals surface area (Å²) in [5, 5.41) is 9.46. The molecule has 113 valence electrons. The number of nitrogens with zero attached hydrogens (tertiary/aromatic N) is 1. The molecule has 0 saturated carbocycles. The molecule has 2 rings (SSSR count). The van der Waals surface area contributed by atoms with Crippen LogP contribution in [0.1, 0.15) is 23.0 Å². The molecule has 2 aromatic carbocycles. The minimum atomic E-state index is -0.547. The summed E-state index contributed by atoms with van der Waals surface area (Å²) in [5.41, 5.74) is 1.47. The van der Waals surface area contributed by atoms with Crippen molar-refractivity contribution in [3.05, 3.63) is 66.3 Å². The van der Waals surface area contributed by atoms with Gasteiger partial charge >= 0.3 is 0 Å². The van der Waals surface area contributed by atoms with E-state index in [-0.39, 0.29) is 11.7 Å². The quantitative estimate of drug-likeness (QED) is 0.835. The van der Waals surface area contributed by atoms with Gasteiger partial charge in [0, 0.05) is 5.92 Å². The zero-order valence-electron chi connectivity index (χ0n) is 12.5. The van der Waals surface area contributed by atoms with Crippen LogP contribution in [0.15, 0.2) is 42.5 Å². The highest BCUT2D eigenvalue weighted by Gasteiger charge is 2.22. The monoisotopic (exact) mass is 298 g/mol. The molecule has 0 spiro atoms. The summed E-state index contributed by atoms with van der Waals surface area (Å²) in [7, 11) is 3.00. The molecule has 0 aromatic heterocycles. The fourth-order valence-electron chi connectivity index (χ4n) is 2.32. The van der Waals surface area contributed by atoms with Crippen LogP contribution in [-0.4, -0.2) is 14.2 Å². The molecule has 0 saturated heterocycles. The highest BCUT2D eigenvalue weighted by molar-refractivity contribution is 5.39. The summed E-state index contributed by atoms with van der Waals surface area (Å²) in [6.07, 6.45) is 0. The van der Waals surface area contributed by atoms with Gasteiger partial charge < -0.3 is 9.47 Å². The third kappa shape index (κ3) is 3.20.